The lowest BCUT2D eigenvalue weighted by Crippen LogP contribution is -2.39. The first-order chi connectivity index (χ1) is 16.5. The molecule has 34 heavy (non-hydrogen) atoms. The van der Waals surface area contributed by atoms with Crippen LogP contribution in [-0.2, 0) is 17.8 Å². The lowest BCUT2D eigenvalue weighted by atomic mass is 10.1. The minimum atomic E-state index is -0.610. The predicted octanol–water partition coefficient (Wildman–Crippen LogP) is 3.07. The Morgan fingerprint density at radius 2 is 2.03 bits per heavy atom. The number of aromatic nitrogens is 4. The molecule has 2 aliphatic rings. The van der Waals surface area contributed by atoms with Gasteiger partial charge < -0.3 is 14.6 Å². The lowest BCUT2D eigenvalue weighted by Gasteiger charge is -2.27. The van der Waals surface area contributed by atoms with Crippen LogP contribution in [0.15, 0.2) is 47.7 Å². The maximum absolute atomic E-state index is 13.2. The minimum absolute atomic E-state index is 0.0185. The van der Waals surface area contributed by atoms with E-state index < -0.39 is 11.3 Å². The molecule has 1 aromatic carbocycles. The molecule has 174 valence electrons. The molecule has 2 atom stereocenters. The molecule has 3 aromatic heterocycles. The Hall–Kier alpha value is -3.53. The molecule has 1 amide bonds. The zero-order chi connectivity index (χ0) is 23.4. The van der Waals surface area contributed by atoms with Crippen molar-refractivity contribution < 1.29 is 14.3 Å². The number of carbonyl (C=O) groups is 1. The molecule has 10 heteroatoms. The number of piperidine rings is 1. The van der Waals surface area contributed by atoms with Crippen LogP contribution in [-0.4, -0.2) is 47.4 Å². The number of amides is 1. The number of carbonyl (C=O) groups excluding carboxylic acids is 1. The van der Waals surface area contributed by atoms with Gasteiger partial charge in [0, 0.05) is 42.5 Å². The molecule has 6 rings (SSSR count). The lowest BCUT2D eigenvalue weighted by molar-refractivity contribution is -0.133. The number of hydrogen-bond donors (Lipinski definition) is 1. The highest BCUT2D eigenvalue weighted by Crippen LogP contribution is 2.37. The second kappa shape index (κ2) is 8.05. The Kier molecular flexibility index (Phi) is 4.98. The maximum atomic E-state index is 13.2. The molecule has 2 bridgehead atoms. The Balaban J connectivity index is 1.30. The second-order valence-electron chi connectivity index (χ2n) is 9.02. The molecule has 4 heterocycles. The van der Waals surface area contributed by atoms with E-state index in [0.29, 0.717) is 23.4 Å². The van der Waals surface area contributed by atoms with Gasteiger partial charge in [-0.05, 0) is 42.9 Å². The summed E-state index contributed by atoms with van der Waals surface area (Å²) >= 11 is 1.31. The molecule has 2 fully saturated rings. The summed E-state index contributed by atoms with van der Waals surface area (Å²) in [4.78, 5) is 37.5. The van der Waals surface area contributed by atoms with Gasteiger partial charge in [-0.3, -0.25) is 9.59 Å². The SMILES string of the molecule is O=C(Cn1ccn2c(=O)c(O)c(-c3ncc(Cc4ccc(F)cc4)s3)nc12)N1CC2CCC1C2. The highest BCUT2D eigenvalue weighted by atomic mass is 32.1. The molecule has 1 aliphatic heterocycles. The van der Waals surface area contributed by atoms with Crippen LogP contribution in [0.3, 0.4) is 0 Å². The number of hydrogen-bond acceptors (Lipinski definition) is 6. The van der Waals surface area contributed by atoms with Crippen molar-refractivity contribution in [2.45, 2.75) is 38.3 Å². The Morgan fingerprint density at radius 3 is 2.76 bits per heavy atom. The fourth-order valence-electron chi connectivity index (χ4n) is 5.11. The normalized spacial score (nSPS) is 19.4. The number of fused-ring (bicyclic) bond motifs is 3. The van der Waals surface area contributed by atoms with Gasteiger partial charge in [0.15, 0.2) is 5.69 Å². The van der Waals surface area contributed by atoms with E-state index in [4.69, 9.17) is 0 Å². The highest BCUT2D eigenvalue weighted by molar-refractivity contribution is 7.15. The number of aromatic hydroxyl groups is 1. The van der Waals surface area contributed by atoms with Gasteiger partial charge in [-0.25, -0.2) is 18.8 Å². The molecular weight excluding hydrogens is 457 g/mol. The molecule has 1 aliphatic carbocycles. The summed E-state index contributed by atoms with van der Waals surface area (Å²) in [5, 5.41) is 11.0. The van der Waals surface area contributed by atoms with E-state index >= 15 is 0 Å². The summed E-state index contributed by atoms with van der Waals surface area (Å²) in [6.07, 6.45) is 8.69. The largest absolute Gasteiger partial charge is 0.501 e. The van der Waals surface area contributed by atoms with Crippen molar-refractivity contribution >= 4 is 23.0 Å². The first kappa shape index (κ1) is 21.0. The second-order valence-corrected chi connectivity index (χ2v) is 10.1. The highest BCUT2D eigenvalue weighted by Gasteiger charge is 2.40. The predicted molar refractivity (Wildman–Crippen MR) is 124 cm³/mol. The summed E-state index contributed by atoms with van der Waals surface area (Å²) in [5.74, 6) is 0.126. The van der Waals surface area contributed by atoms with Crippen LogP contribution in [0.5, 0.6) is 5.75 Å². The van der Waals surface area contributed by atoms with Gasteiger partial charge >= 0.3 is 5.56 Å². The number of halogens is 1. The van der Waals surface area contributed by atoms with Gasteiger partial charge in [0.2, 0.25) is 17.4 Å². The van der Waals surface area contributed by atoms with Crippen molar-refractivity contribution in [2.24, 2.45) is 5.92 Å². The summed E-state index contributed by atoms with van der Waals surface area (Å²) in [7, 11) is 0. The standard InChI is InChI=1S/C24H22FN5O3S/c25-16-4-1-14(2-5-16)10-18-11-26-22(34-18)20-21(32)23(33)29-8-7-28(24(29)27-20)13-19(31)30-12-15-3-6-17(30)9-15/h1-2,4-5,7-8,11,15,17,32H,3,6,9-10,12-13H2. The third kappa shape index (κ3) is 3.58. The minimum Gasteiger partial charge on any atom is -0.501 e. The van der Waals surface area contributed by atoms with Crippen LogP contribution in [0.1, 0.15) is 29.7 Å². The summed E-state index contributed by atoms with van der Waals surface area (Å²) in [6, 6.07) is 6.55. The molecule has 2 unspecified atom stereocenters. The van der Waals surface area contributed by atoms with Gasteiger partial charge in [-0.1, -0.05) is 12.1 Å². The fourth-order valence-corrected chi connectivity index (χ4v) is 6.04. The van der Waals surface area contributed by atoms with Crippen LogP contribution in [0.4, 0.5) is 4.39 Å². The van der Waals surface area contributed by atoms with Crippen LogP contribution in [0.25, 0.3) is 16.5 Å². The maximum Gasteiger partial charge on any atom is 0.302 e. The first-order valence-electron chi connectivity index (χ1n) is 11.3. The van der Waals surface area contributed by atoms with Crippen LogP contribution >= 0.6 is 11.3 Å². The number of likely N-dealkylation sites (tertiary alicyclic amines) is 1. The number of nitrogens with zero attached hydrogens (tertiary/aromatic N) is 5. The third-order valence-electron chi connectivity index (χ3n) is 6.81. The number of imidazole rings is 1. The van der Waals surface area contributed by atoms with Gasteiger partial charge in [-0.2, -0.15) is 0 Å². The smallest absolute Gasteiger partial charge is 0.302 e. The molecule has 4 aromatic rings. The van der Waals surface area contributed by atoms with Crippen LogP contribution in [0, 0.1) is 11.7 Å². The molecule has 8 nitrogen and oxygen atoms in total. The summed E-state index contributed by atoms with van der Waals surface area (Å²) in [6.45, 7) is 0.891. The fraction of sp³-hybridized carbons (Fsp3) is 0.333. The van der Waals surface area contributed by atoms with Crippen molar-refractivity contribution in [1.29, 1.82) is 0 Å². The van der Waals surface area contributed by atoms with E-state index in [-0.39, 0.29) is 29.7 Å². The quantitative estimate of drug-likeness (QED) is 0.475. The van der Waals surface area contributed by atoms with E-state index in [1.54, 1.807) is 29.1 Å². The summed E-state index contributed by atoms with van der Waals surface area (Å²) in [5.41, 5.74) is 0.405. The molecule has 1 saturated carbocycles. The van der Waals surface area contributed by atoms with Crippen molar-refractivity contribution in [3.63, 3.8) is 0 Å². The third-order valence-corrected chi connectivity index (χ3v) is 7.81. The molecule has 1 saturated heterocycles. The number of thiazole rings is 1. The van der Waals surface area contributed by atoms with Crippen molar-refractivity contribution in [2.75, 3.05) is 6.54 Å². The topological polar surface area (TPSA) is 92.7 Å². The van der Waals surface area contributed by atoms with Crippen LogP contribution < -0.4 is 5.56 Å². The van der Waals surface area contributed by atoms with Gasteiger partial charge in [0.25, 0.3) is 0 Å². The Labute approximate surface area is 197 Å². The van der Waals surface area contributed by atoms with Gasteiger partial charge in [0.1, 0.15) is 17.4 Å². The molecular formula is C24H22FN5O3S. The molecule has 0 radical (unpaired) electrons. The van der Waals surface area contributed by atoms with Crippen molar-refractivity contribution in [1.82, 2.24) is 23.8 Å². The van der Waals surface area contributed by atoms with Crippen molar-refractivity contribution in [3.05, 3.63) is 69.5 Å². The molecule has 1 N–H and O–H groups in total. The zero-order valence-corrected chi connectivity index (χ0v) is 19.0. The van der Waals surface area contributed by atoms with E-state index in [0.717, 1.165) is 29.8 Å². The Bertz CT molecular complexity index is 1460. The average Bonchev–Trinajstić information content (AvgIpc) is 3.63. The summed E-state index contributed by atoms with van der Waals surface area (Å²) < 4.78 is 16.1. The van der Waals surface area contributed by atoms with E-state index in [9.17, 15) is 19.1 Å². The number of rotatable bonds is 5. The average molecular weight is 480 g/mol. The van der Waals surface area contributed by atoms with E-state index in [1.807, 2.05) is 4.90 Å². The Morgan fingerprint density at radius 1 is 1.21 bits per heavy atom. The van der Waals surface area contributed by atoms with Crippen molar-refractivity contribution in [3.8, 4) is 16.5 Å². The van der Waals surface area contributed by atoms with E-state index in [1.165, 1.54) is 40.5 Å². The van der Waals surface area contributed by atoms with Gasteiger partial charge in [0.05, 0.1) is 0 Å². The van der Waals surface area contributed by atoms with Crippen LogP contribution in [0.2, 0.25) is 0 Å². The van der Waals surface area contributed by atoms with Gasteiger partial charge in [-0.15, -0.1) is 11.3 Å². The number of benzene rings is 1. The monoisotopic (exact) mass is 479 g/mol. The van der Waals surface area contributed by atoms with E-state index in [2.05, 4.69) is 9.97 Å². The zero-order valence-electron chi connectivity index (χ0n) is 18.2. The first-order valence-corrected chi connectivity index (χ1v) is 12.1. The molecule has 0 spiro atoms.